The summed E-state index contributed by atoms with van der Waals surface area (Å²) in [6, 6.07) is 15.2. The lowest BCUT2D eigenvalue weighted by molar-refractivity contribution is -0.146. The van der Waals surface area contributed by atoms with Gasteiger partial charge in [-0.05, 0) is 44.0 Å². The molecular formula is C27H31FN2O4. The molecule has 0 saturated carbocycles. The van der Waals surface area contributed by atoms with Gasteiger partial charge < -0.3 is 19.6 Å². The van der Waals surface area contributed by atoms with Gasteiger partial charge in [-0.2, -0.15) is 0 Å². The van der Waals surface area contributed by atoms with E-state index in [0.717, 1.165) is 22.5 Å². The second kappa shape index (κ2) is 8.17. The van der Waals surface area contributed by atoms with Crippen molar-refractivity contribution in [1.82, 2.24) is 0 Å². The smallest absolute Gasteiger partial charge is 0.264 e. The monoisotopic (exact) mass is 466 g/mol. The van der Waals surface area contributed by atoms with Crippen LogP contribution in [-0.2, 0) is 26.5 Å². The number of hydrogen-bond acceptors (Lipinski definition) is 4. The minimum absolute atomic E-state index is 0.0988. The zero-order valence-electron chi connectivity index (χ0n) is 19.8. The molecule has 3 aliphatic rings. The van der Waals surface area contributed by atoms with Crippen LogP contribution in [0.2, 0.25) is 0 Å². The van der Waals surface area contributed by atoms with Crippen molar-refractivity contribution in [3.05, 3.63) is 59.7 Å². The van der Waals surface area contributed by atoms with E-state index in [4.69, 9.17) is 4.74 Å². The highest BCUT2D eigenvalue weighted by atomic mass is 19.1. The normalized spacial score (nSPS) is 28.6. The Morgan fingerprint density at radius 1 is 1.18 bits per heavy atom. The van der Waals surface area contributed by atoms with Crippen molar-refractivity contribution in [2.45, 2.75) is 57.5 Å². The maximum atomic E-state index is 15.4. The predicted molar refractivity (Wildman–Crippen MR) is 127 cm³/mol. The topological polar surface area (TPSA) is 70.1 Å². The van der Waals surface area contributed by atoms with Gasteiger partial charge in [-0.3, -0.25) is 9.59 Å². The second-order valence-corrected chi connectivity index (χ2v) is 10.2. The van der Waals surface area contributed by atoms with E-state index in [9.17, 15) is 14.7 Å². The van der Waals surface area contributed by atoms with Crippen LogP contribution >= 0.6 is 0 Å². The van der Waals surface area contributed by atoms with Gasteiger partial charge in [0, 0.05) is 42.7 Å². The van der Waals surface area contributed by atoms with Crippen LogP contribution in [0, 0.1) is 11.8 Å². The molecule has 2 amide bonds. The summed E-state index contributed by atoms with van der Waals surface area (Å²) >= 11 is 0. The van der Waals surface area contributed by atoms with Crippen LogP contribution in [-0.4, -0.2) is 41.8 Å². The molecule has 0 aromatic heterocycles. The Hall–Kier alpha value is -2.77. The third-order valence-corrected chi connectivity index (χ3v) is 7.70. The Morgan fingerprint density at radius 2 is 1.94 bits per heavy atom. The summed E-state index contributed by atoms with van der Waals surface area (Å²) in [5, 5.41) is 9.62. The zero-order valence-corrected chi connectivity index (χ0v) is 19.8. The van der Waals surface area contributed by atoms with Crippen molar-refractivity contribution < 1.29 is 23.8 Å². The molecule has 5 rings (SSSR count). The van der Waals surface area contributed by atoms with Crippen LogP contribution in [0.15, 0.2) is 48.5 Å². The number of para-hydroxylation sites is 1. The molecular weight excluding hydrogens is 435 g/mol. The first-order valence-corrected chi connectivity index (χ1v) is 12.0. The van der Waals surface area contributed by atoms with Gasteiger partial charge in [0.1, 0.15) is 5.67 Å². The van der Waals surface area contributed by atoms with Crippen LogP contribution in [0.5, 0.6) is 0 Å². The maximum absolute atomic E-state index is 15.4. The van der Waals surface area contributed by atoms with Crippen LogP contribution in [0.1, 0.15) is 44.7 Å². The van der Waals surface area contributed by atoms with E-state index in [1.54, 1.807) is 9.80 Å². The average Bonchev–Trinajstić information content (AvgIpc) is 3.21. The number of aliphatic hydroxyl groups is 1. The van der Waals surface area contributed by atoms with E-state index in [2.05, 4.69) is 0 Å². The first kappa shape index (κ1) is 23.0. The molecule has 1 spiro atoms. The number of hydrogen-bond donors (Lipinski definition) is 1. The number of rotatable bonds is 6. The molecule has 34 heavy (non-hydrogen) atoms. The standard InChI is InChI=1S/C27H31FN2O4/c1-17-24(26(2,3)28)22(12-14-31)34-27(17)20-9-4-5-10-21(20)30(25(27)33)16-18-7-6-8-19(15-18)29-13-11-23(29)32/h4-10,15,17,22,24,31H,11-14,16H2,1-3H3/t17-,22+,24-,27+/m1/s1. The highest BCUT2D eigenvalue weighted by molar-refractivity contribution is 6.07. The first-order valence-electron chi connectivity index (χ1n) is 12.0. The van der Waals surface area contributed by atoms with Crippen LogP contribution in [0.3, 0.4) is 0 Å². The molecule has 4 atom stereocenters. The molecule has 0 unspecified atom stereocenters. The van der Waals surface area contributed by atoms with Crippen LogP contribution < -0.4 is 9.80 Å². The second-order valence-electron chi connectivity index (χ2n) is 10.2. The number of β-lactam (4-membered cyclic amide) rings is 1. The lowest BCUT2D eigenvalue weighted by Crippen LogP contribution is -2.45. The van der Waals surface area contributed by atoms with Crippen molar-refractivity contribution >= 4 is 23.2 Å². The summed E-state index contributed by atoms with van der Waals surface area (Å²) in [5.74, 6) is -1.08. The molecule has 1 N–H and O–H groups in total. The van der Waals surface area contributed by atoms with Crippen LogP contribution in [0.25, 0.3) is 0 Å². The van der Waals surface area contributed by atoms with Crippen molar-refractivity contribution in [2.24, 2.45) is 11.8 Å². The van der Waals surface area contributed by atoms with Crippen molar-refractivity contribution in [3.63, 3.8) is 0 Å². The van der Waals surface area contributed by atoms with E-state index >= 15 is 4.39 Å². The van der Waals surface area contributed by atoms with Gasteiger partial charge in [0.25, 0.3) is 5.91 Å². The number of aliphatic hydroxyl groups excluding tert-OH is 1. The Bertz CT molecular complexity index is 1130. The van der Waals surface area contributed by atoms with Gasteiger partial charge in [0.05, 0.1) is 18.3 Å². The lowest BCUT2D eigenvalue weighted by atomic mass is 9.71. The molecule has 180 valence electrons. The van der Waals surface area contributed by atoms with E-state index < -0.39 is 29.2 Å². The third-order valence-electron chi connectivity index (χ3n) is 7.70. The van der Waals surface area contributed by atoms with Gasteiger partial charge >= 0.3 is 0 Å². The average molecular weight is 467 g/mol. The van der Waals surface area contributed by atoms with E-state index in [-0.39, 0.29) is 24.8 Å². The summed E-state index contributed by atoms with van der Waals surface area (Å²) in [6.07, 6.45) is 0.254. The lowest BCUT2D eigenvalue weighted by Gasteiger charge is -2.32. The summed E-state index contributed by atoms with van der Waals surface area (Å²) < 4.78 is 21.8. The van der Waals surface area contributed by atoms with E-state index in [1.165, 1.54) is 13.8 Å². The number of halogens is 1. The molecule has 2 aromatic rings. The molecule has 2 fully saturated rings. The Balaban J connectivity index is 1.53. The van der Waals surface area contributed by atoms with Gasteiger partial charge in [-0.25, -0.2) is 4.39 Å². The van der Waals surface area contributed by atoms with Crippen molar-refractivity contribution in [3.8, 4) is 0 Å². The number of ether oxygens (including phenoxy) is 1. The Morgan fingerprint density at radius 3 is 2.59 bits per heavy atom. The Kier molecular flexibility index (Phi) is 5.52. The maximum Gasteiger partial charge on any atom is 0.264 e. The van der Waals surface area contributed by atoms with Crippen molar-refractivity contribution in [1.29, 1.82) is 0 Å². The fourth-order valence-electron chi connectivity index (χ4n) is 6.15. The highest BCUT2D eigenvalue weighted by Crippen LogP contribution is 2.58. The minimum atomic E-state index is -1.58. The number of anilines is 2. The minimum Gasteiger partial charge on any atom is -0.396 e. The molecule has 3 heterocycles. The molecule has 0 bridgehead atoms. The van der Waals surface area contributed by atoms with Gasteiger partial charge in [-0.15, -0.1) is 0 Å². The quantitative estimate of drug-likeness (QED) is 0.655. The zero-order chi connectivity index (χ0) is 24.3. The molecule has 2 aromatic carbocycles. The van der Waals surface area contributed by atoms with Gasteiger partial charge in [0.15, 0.2) is 5.60 Å². The first-order chi connectivity index (χ1) is 16.2. The number of carbonyl (C=O) groups is 2. The number of amides is 2. The fraction of sp³-hybridized carbons (Fsp3) is 0.481. The molecule has 6 nitrogen and oxygen atoms in total. The Labute approximate surface area is 199 Å². The molecule has 0 radical (unpaired) electrons. The summed E-state index contributed by atoms with van der Waals surface area (Å²) in [4.78, 5) is 29.5. The number of benzene rings is 2. The summed E-state index contributed by atoms with van der Waals surface area (Å²) in [5.41, 5.74) is 0.355. The number of fused-ring (bicyclic) bond motifs is 2. The number of alkyl halides is 1. The molecule has 7 heteroatoms. The van der Waals surface area contributed by atoms with E-state index in [1.807, 2.05) is 55.5 Å². The third kappa shape index (κ3) is 3.36. The van der Waals surface area contributed by atoms with Crippen LogP contribution in [0.4, 0.5) is 15.8 Å². The number of carbonyl (C=O) groups excluding carboxylic acids is 2. The van der Waals surface area contributed by atoms with Crippen molar-refractivity contribution in [2.75, 3.05) is 23.0 Å². The largest absolute Gasteiger partial charge is 0.396 e. The SMILES string of the molecule is C[C@@H]1[C@@H](C(C)(C)F)[C@H](CCO)O[C@@]12C(=O)N(Cc1cccc(N3CCC3=O)c1)c1ccccc12. The number of nitrogens with zero attached hydrogens (tertiary/aromatic N) is 2. The molecule has 2 saturated heterocycles. The summed E-state index contributed by atoms with van der Waals surface area (Å²) in [6.45, 7) is 5.81. The van der Waals surface area contributed by atoms with Gasteiger partial charge in [-0.1, -0.05) is 37.3 Å². The van der Waals surface area contributed by atoms with Gasteiger partial charge in [0.2, 0.25) is 5.91 Å². The summed E-state index contributed by atoms with van der Waals surface area (Å²) in [7, 11) is 0. The fourth-order valence-corrected chi connectivity index (χ4v) is 6.15. The molecule has 3 aliphatic heterocycles. The highest BCUT2D eigenvalue weighted by Gasteiger charge is 2.65. The van der Waals surface area contributed by atoms with E-state index in [0.29, 0.717) is 19.5 Å². The predicted octanol–water partition coefficient (Wildman–Crippen LogP) is 3.95. The molecule has 0 aliphatic carbocycles.